The minimum absolute atomic E-state index is 0.0989. The highest BCUT2D eigenvalue weighted by molar-refractivity contribution is 9.10. The number of hydrogen-bond donors (Lipinski definition) is 1. The maximum atomic E-state index is 12.1. The summed E-state index contributed by atoms with van der Waals surface area (Å²) in [6.45, 7) is 0.456. The van der Waals surface area contributed by atoms with Crippen LogP contribution in [0.5, 0.6) is 0 Å². The van der Waals surface area contributed by atoms with E-state index in [4.69, 9.17) is 0 Å². The van der Waals surface area contributed by atoms with Crippen molar-refractivity contribution in [3.05, 3.63) is 34.3 Å². The number of carbonyl (C=O) groups excluding carboxylic acids is 1. The Kier molecular flexibility index (Phi) is 4.73. The predicted octanol–water partition coefficient (Wildman–Crippen LogP) is 4.16. The van der Waals surface area contributed by atoms with Gasteiger partial charge in [0, 0.05) is 23.0 Å². The lowest BCUT2D eigenvalue weighted by Gasteiger charge is -2.06. The third-order valence-electron chi connectivity index (χ3n) is 3.50. The van der Waals surface area contributed by atoms with Crippen molar-refractivity contribution in [1.82, 2.24) is 5.32 Å². The molecular weight excluding hydrogens is 335 g/mol. The predicted molar refractivity (Wildman–Crippen MR) is 73.4 cm³/mol. The molecule has 1 aliphatic rings. The summed E-state index contributed by atoms with van der Waals surface area (Å²) in [7, 11) is 0. The molecule has 0 aliphatic heterocycles. The number of amides is 1. The Morgan fingerprint density at radius 1 is 1.25 bits per heavy atom. The first-order valence-electron chi connectivity index (χ1n) is 6.45. The van der Waals surface area contributed by atoms with Crippen LogP contribution in [0.1, 0.15) is 29.6 Å². The van der Waals surface area contributed by atoms with Gasteiger partial charge in [-0.3, -0.25) is 4.79 Å². The molecule has 0 heterocycles. The second kappa shape index (κ2) is 6.16. The lowest BCUT2D eigenvalue weighted by molar-refractivity contribution is -0.136. The van der Waals surface area contributed by atoms with E-state index in [9.17, 15) is 18.0 Å². The number of halogens is 4. The summed E-state index contributed by atoms with van der Waals surface area (Å²) in [5, 5.41) is 2.77. The zero-order valence-corrected chi connectivity index (χ0v) is 12.3. The Morgan fingerprint density at radius 2 is 1.90 bits per heavy atom. The Hall–Kier alpha value is -1.04. The highest BCUT2D eigenvalue weighted by Gasteiger charge is 2.39. The topological polar surface area (TPSA) is 29.1 Å². The Morgan fingerprint density at radius 3 is 2.50 bits per heavy atom. The van der Waals surface area contributed by atoms with Gasteiger partial charge < -0.3 is 5.32 Å². The number of rotatable bonds is 5. The summed E-state index contributed by atoms with van der Waals surface area (Å²) in [4.78, 5) is 11.8. The summed E-state index contributed by atoms with van der Waals surface area (Å²) in [5.74, 6) is 0.109. The molecule has 1 amide bonds. The van der Waals surface area contributed by atoms with E-state index >= 15 is 0 Å². The third kappa shape index (κ3) is 4.81. The molecule has 20 heavy (non-hydrogen) atoms. The number of hydrogen-bond acceptors (Lipinski definition) is 1. The monoisotopic (exact) mass is 349 g/mol. The molecule has 0 unspecified atom stereocenters. The van der Waals surface area contributed by atoms with Crippen molar-refractivity contribution in [1.29, 1.82) is 0 Å². The maximum absolute atomic E-state index is 12.1. The second-order valence-corrected chi connectivity index (χ2v) is 6.04. The first kappa shape index (κ1) is 15.4. The number of nitrogens with one attached hydrogen (secondary N) is 1. The Labute approximate surface area is 123 Å². The Balaban J connectivity index is 1.69. The molecule has 1 saturated carbocycles. The van der Waals surface area contributed by atoms with Gasteiger partial charge in [-0.1, -0.05) is 15.9 Å². The first-order chi connectivity index (χ1) is 9.35. The lowest BCUT2D eigenvalue weighted by Crippen LogP contribution is -2.26. The van der Waals surface area contributed by atoms with Gasteiger partial charge in [-0.2, -0.15) is 13.2 Å². The van der Waals surface area contributed by atoms with E-state index in [1.807, 2.05) is 0 Å². The molecule has 2 rings (SSSR count). The van der Waals surface area contributed by atoms with Crippen LogP contribution >= 0.6 is 15.9 Å². The van der Waals surface area contributed by atoms with Gasteiger partial charge in [0.25, 0.3) is 5.91 Å². The molecule has 0 saturated heterocycles. The van der Waals surface area contributed by atoms with Crippen LogP contribution in [0, 0.1) is 11.8 Å². The highest BCUT2D eigenvalue weighted by Crippen LogP contribution is 2.43. The van der Waals surface area contributed by atoms with Gasteiger partial charge in [0.15, 0.2) is 0 Å². The van der Waals surface area contributed by atoms with Gasteiger partial charge in [-0.15, -0.1) is 0 Å². The largest absolute Gasteiger partial charge is 0.389 e. The molecule has 6 heteroatoms. The normalized spacial score (nSPS) is 21.6. The summed E-state index contributed by atoms with van der Waals surface area (Å²) in [6.07, 6.45) is -3.86. The highest BCUT2D eigenvalue weighted by atomic mass is 79.9. The fraction of sp³-hybridized carbons (Fsp3) is 0.500. The maximum Gasteiger partial charge on any atom is 0.389 e. The van der Waals surface area contributed by atoms with Crippen LogP contribution in [-0.2, 0) is 0 Å². The number of carbonyl (C=O) groups is 1. The van der Waals surface area contributed by atoms with E-state index in [2.05, 4.69) is 21.2 Å². The lowest BCUT2D eigenvalue weighted by atomic mass is 10.1. The second-order valence-electron chi connectivity index (χ2n) is 5.13. The van der Waals surface area contributed by atoms with Crippen LogP contribution in [0.25, 0.3) is 0 Å². The zero-order valence-electron chi connectivity index (χ0n) is 10.7. The standard InChI is InChI=1S/C14H15BrF3NO/c15-12-3-1-9(2-4-12)13(20)19-8-11-7-10(11)5-6-14(16,17)18/h1-4,10-11H,5-8H2,(H,19,20)/t10-,11+/m1/s1. The molecule has 0 spiro atoms. The molecule has 1 aromatic carbocycles. The van der Waals surface area contributed by atoms with E-state index in [1.54, 1.807) is 24.3 Å². The van der Waals surface area contributed by atoms with E-state index < -0.39 is 12.6 Å². The van der Waals surface area contributed by atoms with Gasteiger partial charge >= 0.3 is 6.18 Å². The summed E-state index contributed by atoms with van der Waals surface area (Å²) >= 11 is 3.28. The van der Waals surface area contributed by atoms with Gasteiger partial charge in [0.1, 0.15) is 0 Å². The van der Waals surface area contributed by atoms with Crippen molar-refractivity contribution in [3.63, 3.8) is 0 Å². The van der Waals surface area contributed by atoms with Crippen molar-refractivity contribution in [3.8, 4) is 0 Å². The van der Waals surface area contributed by atoms with E-state index in [0.29, 0.717) is 12.1 Å². The molecule has 0 aromatic heterocycles. The molecule has 1 aliphatic carbocycles. The molecule has 1 N–H and O–H groups in total. The summed E-state index contributed by atoms with van der Waals surface area (Å²) in [6, 6.07) is 6.96. The van der Waals surface area contributed by atoms with Crippen molar-refractivity contribution in [2.24, 2.45) is 11.8 Å². The fourth-order valence-corrected chi connectivity index (χ4v) is 2.45. The average molecular weight is 350 g/mol. The number of alkyl halides is 3. The molecule has 0 bridgehead atoms. The van der Waals surface area contributed by atoms with Crippen LogP contribution in [0.2, 0.25) is 0 Å². The van der Waals surface area contributed by atoms with Gasteiger partial charge in [0.2, 0.25) is 0 Å². The van der Waals surface area contributed by atoms with Gasteiger partial charge in [-0.05, 0) is 48.9 Å². The summed E-state index contributed by atoms with van der Waals surface area (Å²) < 4.78 is 37.1. The van der Waals surface area contributed by atoms with Gasteiger partial charge in [0.05, 0.1) is 0 Å². The molecule has 1 fully saturated rings. The molecule has 110 valence electrons. The smallest absolute Gasteiger partial charge is 0.352 e. The Bertz CT molecular complexity index is 472. The van der Waals surface area contributed by atoms with Crippen molar-refractivity contribution >= 4 is 21.8 Å². The van der Waals surface area contributed by atoms with E-state index in [0.717, 1.165) is 10.9 Å². The minimum Gasteiger partial charge on any atom is -0.352 e. The van der Waals surface area contributed by atoms with Crippen LogP contribution < -0.4 is 5.32 Å². The molecule has 0 radical (unpaired) electrons. The first-order valence-corrected chi connectivity index (χ1v) is 7.25. The van der Waals surface area contributed by atoms with Crippen molar-refractivity contribution in [2.75, 3.05) is 6.54 Å². The van der Waals surface area contributed by atoms with Gasteiger partial charge in [-0.25, -0.2) is 0 Å². The van der Waals surface area contributed by atoms with E-state index in [-0.39, 0.29) is 24.2 Å². The van der Waals surface area contributed by atoms with Crippen LogP contribution in [0.3, 0.4) is 0 Å². The van der Waals surface area contributed by atoms with Crippen LogP contribution in [0.15, 0.2) is 28.7 Å². The number of benzene rings is 1. The van der Waals surface area contributed by atoms with Crippen LogP contribution in [-0.4, -0.2) is 18.6 Å². The quantitative estimate of drug-likeness (QED) is 0.849. The molecule has 2 nitrogen and oxygen atoms in total. The van der Waals surface area contributed by atoms with Crippen LogP contribution in [0.4, 0.5) is 13.2 Å². The third-order valence-corrected chi connectivity index (χ3v) is 4.03. The minimum atomic E-state index is -4.08. The summed E-state index contributed by atoms with van der Waals surface area (Å²) in [5.41, 5.74) is 0.556. The van der Waals surface area contributed by atoms with Crippen molar-refractivity contribution in [2.45, 2.75) is 25.4 Å². The molecule has 1 aromatic rings. The van der Waals surface area contributed by atoms with E-state index in [1.165, 1.54) is 0 Å². The zero-order chi connectivity index (χ0) is 14.8. The van der Waals surface area contributed by atoms with Crippen molar-refractivity contribution < 1.29 is 18.0 Å². The fourth-order valence-electron chi connectivity index (χ4n) is 2.19. The SMILES string of the molecule is O=C(NC[C@@H]1C[C@H]1CCC(F)(F)F)c1ccc(Br)cc1. The molecule has 2 atom stereocenters. The average Bonchev–Trinajstić information content (AvgIpc) is 3.12. The molecular formula is C14H15BrF3NO.